The molecule has 0 radical (unpaired) electrons. The first-order chi connectivity index (χ1) is 7.38. The number of nitrogens with zero attached hydrogens (tertiary/aromatic N) is 3. The van der Waals surface area contributed by atoms with Crippen molar-refractivity contribution in [3.63, 3.8) is 0 Å². The van der Waals surface area contributed by atoms with E-state index in [4.69, 9.17) is 0 Å². The van der Waals surface area contributed by atoms with Gasteiger partial charge in [0.2, 0.25) is 9.84 Å². The lowest BCUT2D eigenvalue weighted by Crippen LogP contribution is -2.34. The third-order valence-electron chi connectivity index (χ3n) is 1.87. The summed E-state index contributed by atoms with van der Waals surface area (Å²) in [5.74, 6) is 0. The third-order valence-corrected chi connectivity index (χ3v) is 3.20. The molecule has 0 saturated carbocycles. The number of rotatable bonds is 1. The van der Waals surface area contributed by atoms with E-state index in [0.717, 1.165) is 6.26 Å². The number of sulfone groups is 1. The molecule has 8 heteroatoms. The molecule has 0 spiro atoms. The highest BCUT2D eigenvalue weighted by Gasteiger charge is 2.18. The maximum absolute atomic E-state index is 11.5. The Morgan fingerprint density at radius 1 is 1.44 bits per heavy atom. The van der Waals surface area contributed by atoms with Gasteiger partial charge in [-0.2, -0.15) is 0 Å². The number of aromatic nitrogens is 3. The van der Waals surface area contributed by atoms with Crippen molar-refractivity contribution in [3.8, 4) is 0 Å². The van der Waals surface area contributed by atoms with Crippen molar-refractivity contribution >= 4 is 36.8 Å². The average Bonchev–Trinajstić information content (AvgIpc) is 2.17. The average molecular weight is 304 g/mol. The van der Waals surface area contributed by atoms with Crippen LogP contribution in [0.1, 0.15) is 0 Å². The molecule has 6 nitrogen and oxygen atoms in total. The Morgan fingerprint density at radius 3 is 2.75 bits per heavy atom. The molecule has 2 aromatic rings. The molecule has 1 aromatic carbocycles. The number of hydrogen-bond donors (Lipinski definition) is 0. The summed E-state index contributed by atoms with van der Waals surface area (Å²) in [7, 11) is -3.58. The lowest BCUT2D eigenvalue weighted by atomic mass is 10.3. The van der Waals surface area contributed by atoms with Crippen LogP contribution in [0.3, 0.4) is 0 Å². The largest absolute Gasteiger partial charge is 0.594 e. The van der Waals surface area contributed by atoms with Gasteiger partial charge in [-0.3, -0.25) is 0 Å². The molecule has 0 unspecified atom stereocenters. The van der Waals surface area contributed by atoms with Crippen LogP contribution >= 0.6 is 15.9 Å². The number of hydrogen-bond acceptors (Lipinski definition) is 5. The van der Waals surface area contributed by atoms with Gasteiger partial charge in [0, 0.05) is 21.9 Å². The molecule has 16 heavy (non-hydrogen) atoms. The van der Waals surface area contributed by atoms with E-state index in [0.29, 0.717) is 4.47 Å². The van der Waals surface area contributed by atoms with Crippen molar-refractivity contribution in [1.29, 1.82) is 0 Å². The molecule has 2 rings (SSSR count). The van der Waals surface area contributed by atoms with Gasteiger partial charge in [-0.1, -0.05) is 15.9 Å². The van der Waals surface area contributed by atoms with Gasteiger partial charge < -0.3 is 5.21 Å². The van der Waals surface area contributed by atoms with Crippen LogP contribution in [0.4, 0.5) is 0 Å². The first kappa shape index (κ1) is 11.2. The summed E-state index contributed by atoms with van der Waals surface area (Å²) in [4.78, 5) is 4.06. The molecule has 0 aliphatic carbocycles. The van der Waals surface area contributed by atoms with Crippen LogP contribution in [0.15, 0.2) is 27.8 Å². The first-order valence-corrected chi connectivity index (χ1v) is 6.83. The van der Waals surface area contributed by atoms with Crippen molar-refractivity contribution in [3.05, 3.63) is 27.9 Å². The fourth-order valence-electron chi connectivity index (χ4n) is 1.16. The van der Waals surface area contributed by atoms with E-state index in [1.165, 1.54) is 6.07 Å². The highest BCUT2D eigenvalue weighted by molar-refractivity contribution is 9.10. The minimum absolute atomic E-state index is 0.210. The van der Waals surface area contributed by atoms with Gasteiger partial charge in [-0.15, -0.1) is 0 Å². The van der Waals surface area contributed by atoms with E-state index in [1.807, 2.05) is 0 Å². The van der Waals surface area contributed by atoms with Crippen LogP contribution in [-0.2, 0) is 9.84 Å². The number of benzene rings is 1. The Hall–Kier alpha value is -1.28. The molecule has 0 aliphatic rings. The van der Waals surface area contributed by atoms with Gasteiger partial charge >= 0.3 is 5.16 Å². The molecule has 0 aliphatic heterocycles. The van der Waals surface area contributed by atoms with Crippen LogP contribution in [0, 0.1) is 5.21 Å². The standard InChI is InChI=1S/C8H6BrN3O3S/c1-16(14,15)8-10-6-3-2-5(9)4-7(6)12(13)11-8/h2-4H,1H3. The van der Waals surface area contributed by atoms with Crippen molar-refractivity contribution in [1.82, 2.24) is 10.1 Å². The lowest BCUT2D eigenvalue weighted by Gasteiger charge is -2.01. The lowest BCUT2D eigenvalue weighted by molar-refractivity contribution is -0.647. The van der Waals surface area contributed by atoms with Gasteiger partial charge in [-0.25, -0.2) is 13.4 Å². The van der Waals surface area contributed by atoms with E-state index in [-0.39, 0.29) is 15.9 Å². The van der Waals surface area contributed by atoms with E-state index in [9.17, 15) is 13.6 Å². The number of fused-ring (bicyclic) bond motifs is 1. The molecule has 0 amide bonds. The molecule has 0 N–H and O–H groups in total. The van der Waals surface area contributed by atoms with Gasteiger partial charge in [0.1, 0.15) is 5.52 Å². The summed E-state index contributed by atoms with van der Waals surface area (Å²) < 4.78 is 23.1. The highest BCUT2D eigenvalue weighted by atomic mass is 79.9. The van der Waals surface area contributed by atoms with E-state index in [2.05, 4.69) is 26.0 Å². The normalized spacial score (nSPS) is 11.9. The second-order valence-corrected chi connectivity index (χ2v) is 6.00. The fourth-order valence-corrected chi connectivity index (χ4v) is 1.99. The molecule has 1 heterocycles. The van der Waals surface area contributed by atoms with Gasteiger partial charge in [0.05, 0.1) is 0 Å². The Kier molecular flexibility index (Phi) is 2.55. The summed E-state index contributed by atoms with van der Waals surface area (Å²) in [5.41, 5.74) is 0.496. The zero-order valence-electron chi connectivity index (χ0n) is 8.08. The quantitative estimate of drug-likeness (QED) is 0.563. The van der Waals surface area contributed by atoms with Crippen molar-refractivity contribution in [2.24, 2.45) is 0 Å². The van der Waals surface area contributed by atoms with Crippen LogP contribution < -0.4 is 4.85 Å². The van der Waals surface area contributed by atoms with Gasteiger partial charge in [0.15, 0.2) is 0 Å². The molecule has 1 aromatic heterocycles. The Morgan fingerprint density at radius 2 is 2.12 bits per heavy atom. The van der Waals surface area contributed by atoms with Crippen LogP contribution in [0.25, 0.3) is 11.0 Å². The Balaban J connectivity index is 2.84. The van der Waals surface area contributed by atoms with Gasteiger partial charge in [0.25, 0.3) is 5.52 Å². The van der Waals surface area contributed by atoms with Crippen molar-refractivity contribution < 1.29 is 13.3 Å². The summed E-state index contributed by atoms with van der Waals surface area (Å²) in [6.45, 7) is 0. The second-order valence-electron chi connectivity index (χ2n) is 3.17. The monoisotopic (exact) mass is 303 g/mol. The summed E-state index contributed by atoms with van der Waals surface area (Å²) >= 11 is 3.20. The highest BCUT2D eigenvalue weighted by Crippen LogP contribution is 2.15. The zero-order valence-corrected chi connectivity index (χ0v) is 10.5. The third kappa shape index (κ3) is 1.98. The van der Waals surface area contributed by atoms with Crippen LogP contribution in [0.5, 0.6) is 0 Å². The fraction of sp³-hybridized carbons (Fsp3) is 0.125. The minimum atomic E-state index is -3.58. The van der Waals surface area contributed by atoms with Gasteiger partial charge in [-0.05, 0) is 17.0 Å². The molecular weight excluding hydrogens is 298 g/mol. The second kappa shape index (κ2) is 3.63. The maximum atomic E-state index is 11.5. The predicted molar refractivity (Wildman–Crippen MR) is 59.3 cm³/mol. The number of halogens is 1. The zero-order chi connectivity index (χ0) is 11.9. The maximum Gasteiger partial charge on any atom is 0.314 e. The van der Waals surface area contributed by atoms with E-state index in [1.54, 1.807) is 12.1 Å². The van der Waals surface area contributed by atoms with Crippen LogP contribution in [0.2, 0.25) is 0 Å². The molecular formula is C8H6BrN3O3S. The molecule has 0 saturated heterocycles. The predicted octanol–water partition coefficient (Wildman–Crippen LogP) is 0.429. The SMILES string of the molecule is CS(=O)(=O)c1nc2ccc(Br)cc2[n+]([O-])n1. The summed E-state index contributed by atoms with van der Waals surface area (Å²) in [6, 6.07) is 4.74. The van der Waals surface area contributed by atoms with Crippen LogP contribution in [-0.4, -0.2) is 24.8 Å². The minimum Gasteiger partial charge on any atom is -0.594 e. The Labute approximate surface area is 99.6 Å². The summed E-state index contributed by atoms with van der Waals surface area (Å²) in [5, 5.41) is 14.4. The molecule has 0 bridgehead atoms. The first-order valence-electron chi connectivity index (χ1n) is 4.15. The van der Waals surface area contributed by atoms with E-state index >= 15 is 0 Å². The van der Waals surface area contributed by atoms with Crippen molar-refractivity contribution in [2.45, 2.75) is 5.16 Å². The Bertz CT molecular complexity index is 672. The van der Waals surface area contributed by atoms with Crippen molar-refractivity contribution in [2.75, 3.05) is 6.26 Å². The summed E-state index contributed by atoms with van der Waals surface area (Å²) in [6.07, 6.45) is 0.951. The smallest absolute Gasteiger partial charge is 0.314 e. The molecule has 0 fully saturated rings. The topological polar surface area (TPSA) is 86.9 Å². The molecule has 84 valence electrons. The van der Waals surface area contributed by atoms with E-state index < -0.39 is 15.0 Å². The molecule has 0 atom stereocenters.